The Morgan fingerprint density at radius 3 is 2.50 bits per heavy atom. The zero-order valence-corrected chi connectivity index (χ0v) is 6.59. The number of hydrogen-bond donors (Lipinski definition) is 0. The lowest BCUT2D eigenvalue weighted by molar-refractivity contribution is -0.123. The van der Waals surface area contributed by atoms with Gasteiger partial charge in [-0.1, -0.05) is 13.3 Å². The maximum atomic E-state index is 10.8. The van der Waals surface area contributed by atoms with Crippen LogP contribution < -0.4 is 0 Å². The molecule has 0 saturated carbocycles. The molecule has 0 amide bonds. The average molecular weight is 142 g/mol. The number of rotatable bonds is 5. The molecule has 0 aliphatic rings. The van der Waals surface area contributed by atoms with Gasteiger partial charge < -0.3 is 4.79 Å². The second-order valence-electron chi connectivity index (χ2n) is 2.50. The van der Waals surface area contributed by atoms with Gasteiger partial charge in [-0.25, -0.2) is 0 Å². The maximum absolute atomic E-state index is 10.8. The molecule has 0 aromatic heterocycles. The van der Waals surface area contributed by atoms with Gasteiger partial charge in [0.05, 0.1) is 0 Å². The SMILES string of the molecule is CCC[C@@H](CC=O)C(C)=O. The second-order valence-corrected chi connectivity index (χ2v) is 2.50. The Bertz CT molecular complexity index is 118. The molecular formula is C8H14O2. The number of hydrogen-bond acceptors (Lipinski definition) is 2. The van der Waals surface area contributed by atoms with Crippen LogP contribution >= 0.6 is 0 Å². The highest BCUT2D eigenvalue weighted by Gasteiger charge is 2.11. The largest absolute Gasteiger partial charge is 0.303 e. The minimum absolute atomic E-state index is 0.0255. The molecule has 0 aromatic carbocycles. The summed E-state index contributed by atoms with van der Waals surface area (Å²) in [5, 5.41) is 0. The van der Waals surface area contributed by atoms with Crippen LogP contribution in [0.15, 0.2) is 0 Å². The predicted octanol–water partition coefficient (Wildman–Crippen LogP) is 1.58. The lowest BCUT2D eigenvalue weighted by atomic mass is 9.97. The first-order valence-corrected chi connectivity index (χ1v) is 3.66. The van der Waals surface area contributed by atoms with Crippen LogP contribution in [0.25, 0.3) is 0 Å². The van der Waals surface area contributed by atoms with Crippen LogP contribution in [0, 0.1) is 5.92 Å². The summed E-state index contributed by atoms with van der Waals surface area (Å²) in [6, 6.07) is 0. The lowest BCUT2D eigenvalue weighted by Gasteiger charge is -2.06. The normalized spacial score (nSPS) is 12.6. The zero-order valence-electron chi connectivity index (χ0n) is 6.59. The summed E-state index contributed by atoms with van der Waals surface area (Å²) in [7, 11) is 0. The summed E-state index contributed by atoms with van der Waals surface area (Å²) in [4.78, 5) is 20.8. The summed E-state index contributed by atoms with van der Waals surface area (Å²) >= 11 is 0. The van der Waals surface area contributed by atoms with Crippen molar-refractivity contribution in [2.24, 2.45) is 5.92 Å². The molecule has 2 nitrogen and oxygen atoms in total. The Labute approximate surface area is 61.6 Å². The van der Waals surface area contributed by atoms with Gasteiger partial charge in [0, 0.05) is 12.3 Å². The molecular weight excluding hydrogens is 128 g/mol. The molecule has 0 bridgehead atoms. The van der Waals surface area contributed by atoms with Crippen LogP contribution in [0.3, 0.4) is 0 Å². The molecule has 0 heterocycles. The van der Waals surface area contributed by atoms with Crippen LogP contribution in [-0.2, 0) is 9.59 Å². The van der Waals surface area contributed by atoms with Crippen molar-refractivity contribution in [3.8, 4) is 0 Å². The highest BCUT2D eigenvalue weighted by Crippen LogP contribution is 2.09. The summed E-state index contributed by atoms with van der Waals surface area (Å²) in [5.41, 5.74) is 0. The number of carbonyl (C=O) groups is 2. The van der Waals surface area contributed by atoms with Gasteiger partial charge in [-0.15, -0.1) is 0 Å². The number of ketones is 1. The maximum Gasteiger partial charge on any atom is 0.133 e. The first-order chi connectivity index (χ1) is 4.72. The fraction of sp³-hybridized carbons (Fsp3) is 0.750. The van der Waals surface area contributed by atoms with Crippen LogP contribution in [0.4, 0.5) is 0 Å². The average Bonchev–Trinajstić information content (AvgIpc) is 1.87. The molecule has 58 valence electrons. The van der Waals surface area contributed by atoms with Crippen molar-refractivity contribution in [3.63, 3.8) is 0 Å². The molecule has 1 atom stereocenters. The van der Waals surface area contributed by atoms with Crippen LogP contribution in [-0.4, -0.2) is 12.1 Å². The van der Waals surface area contributed by atoms with E-state index in [9.17, 15) is 9.59 Å². The van der Waals surface area contributed by atoms with E-state index in [1.54, 1.807) is 6.92 Å². The molecule has 0 radical (unpaired) electrons. The summed E-state index contributed by atoms with van der Waals surface area (Å²) < 4.78 is 0. The van der Waals surface area contributed by atoms with Gasteiger partial charge in [-0.3, -0.25) is 4.79 Å². The van der Waals surface area contributed by atoms with E-state index in [2.05, 4.69) is 0 Å². The third kappa shape index (κ3) is 3.38. The Morgan fingerprint density at radius 2 is 2.20 bits per heavy atom. The van der Waals surface area contributed by atoms with Crippen LogP contribution in [0.1, 0.15) is 33.1 Å². The fourth-order valence-electron chi connectivity index (χ4n) is 0.952. The van der Waals surface area contributed by atoms with Crippen LogP contribution in [0.5, 0.6) is 0 Å². The summed E-state index contributed by atoms with van der Waals surface area (Å²) in [5.74, 6) is 0.108. The van der Waals surface area contributed by atoms with E-state index in [0.717, 1.165) is 19.1 Å². The zero-order chi connectivity index (χ0) is 7.98. The first-order valence-electron chi connectivity index (χ1n) is 3.66. The van der Waals surface area contributed by atoms with Crippen molar-refractivity contribution in [1.82, 2.24) is 0 Å². The Morgan fingerprint density at radius 1 is 1.60 bits per heavy atom. The predicted molar refractivity (Wildman–Crippen MR) is 39.8 cm³/mol. The summed E-state index contributed by atoms with van der Waals surface area (Å²) in [6.07, 6.45) is 3.02. The molecule has 2 heteroatoms. The van der Waals surface area contributed by atoms with Crippen LogP contribution in [0.2, 0.25) is 0 Å². The van der Waals surface area contributed by atoms with Gasteiger partial charge in [0.2, 0.25) is 0 Å². The van der Waals surface area contributed by atoms with E-state index >= 15 is 0 Å². The van der Waals surface area contributed by atoms with Crippen molar-refractivity contribution < 1.29 is 9.59 Å². The van der Waals surface area contributed by atoms with Gasteiger partial charge in [0.1, 0.15) is 12.1 Å². The smallest absolute Gasteiger partial charge is 0.133 e. The number of carbonyl (C=O) groups excluding carboxylic acids is 2. The van der Waals surface area contributed by atoms with E-state index in [0.29, 0.717) is 6.42 Å². The van der Waals surface area contributed by atoms with Crippen molar-refractivity contribution in [1.29, 1.82) is 0 Å². The summed E-state index contributed by atoms with van der Waals surface area (Å²) in [6.45, 7) is 3.56. The monoisotopic (exact) mass is 142 g/mol. The molecule has 10 heavy (non-hydrogen) atoms. The molecule has 0 aromatic rings. The van der Waals surface area contributed by atoms with E-state index in [1.807, 2.05) is 6.92 Å². The van der Waals surface area contributed by atoms with Crippen molar-refractivity contribution in [2.75, 3.05) is 0 Å². The van der Waals surface area contributed by atoms with E-state index in [-0.39, 0.29) is 11.7 Å². The molecule has 0 unspecified atom stereocenters. The van der Waals surface area contributed by atoms with Crippen molar-refractivity contribution in [3.05, 3.63) is 0 Å². The van der Waals surface area contributed by atoms with Gasteiger partial charge in [-0.05, 0) is 13.3 Å². The topological polar surface area (TPSA) is 34.1 Å². The number of Topliss-reactive ketones (excluding diaryl/α,β-unsaturated/α-hetero) is 1. The van der Waals surface area contributed by atoms with Crippen molar-refractivity contribution >= 4 is 12.1 Å². The highest BCUT2D eigenvalue weighted by atomic mass is 16.1. The molecule has 0 fully saturated rings. The van der Waals surface area contributed by atoms with E-state index in [4.69, 9.17) is 0 Å². The molecule has 0 saturated heterocycles. The third-order valence-corrected chi connectivity index (χ3v) is 1.59. The lowest BCUT2D eigenvalue weighted by Crippen LogP contribution is -2.10. The third-order valence-electron chi connectivity index (χ3n) is 1.59. The standard InChI is InChI=1S/C8H14O2/c1-3-4-8(5-6-9)7(2)10/h6,8H,3-5H2,1-2H3/t8-/m0/s1. The molecule has 0 rings (SSSR count). The number of aldehydes is 1. The van der Waals surface area contributed by atoms with Gasteiger partial charge in [0.15, 0.2) is 0 Å². The Balaban J connectivity index is 3.71. The van der Waals surface area contributed by atoms with Gasteiger partial charge in [0.25, 0.3) is 0 Å². The Hall–Kier alpha value is -0.660. The minimum atomic E-state index is -0.0255. The van der Waals surface area contributed by atoms with E-state index < -0.39 is 0 Å². The molecule has 0 N–H and O–H groups in total. The molecule has 0 aliphatic heterocycles. The highest BCUT2D eigenvalue weighted by molar-refractivity contribution is 5.80. The minimum Gasteiger partial charge on any atom is -0.303 e. The molecule has 0 aliphatic carbocycles. The fourth-order valence-corrected chi connectivity index (χ4v) is 0.952. The second kappa shape index (κ2) is 5.15. The first kappa shape index (κ1) is 9.34. The quantitative estimate of drug-likeness (QED) is 0.546. The van der Waals surface area contributed by atoms with E-state index in [1.165, 1.54) is 0 Å². The van der Waals surface area contributed by atoms with Gasteiger partial charge in [-0.2, -0.15) is 0 Å². The van der Waals surface area contributed by atoms with Crippen molar-refractivity contribution in [2.45, 2.75) is 33.1 Å². The Kier molecular flexibility index (Phi) is 4.81. The van der Waals surface area contributed by atoms with Gasteiger partial charge >= 0.3 is 0 Å². The molecule has 0 spiro atoms.